The van der Waals surface area contributed by atoms with Crippen molar-refractivity contribution in [1.29, 1.82) is 0 Å². The van der Waals surface area contributed by atoms with E-state index >= 15 is 0 Å². The molecule has 0 atom stereocenters. The molecule has 0 aliphatic rings. The minimum atomic E-state index is -0.956. The second-order valence-electron chi connectivity index (χ2n) is 4.71. The van der Waals surface area contributed by atoms with Crippen LogP contribution < -0.4 is 0 Å². The van der Waals surface area contributed by atoms with Gasteiger partial charge in [0.1, 0.15) is 0 Å². The van der Waals surface area contributed by atoms with Crippen molar-refractivity contribution in [3.05, 3.63) is 29.7 Å². The van der Waals surface area contributed by atoms with Gasteiger partial charge in [0.15, 0.2) is 11.5 Å². The zero-order valence-corrected chi connectivity index (χ0v) is 9.43. The van der Waals surface area contributed by atoms with Crippen LogP contribution in [0.25, 0.3) is 5.65 Å². The van der Waals surface area contributed by atoms with Gasteiger partial charge < -0.3 is 5.11 Å². The first kappa shape index (κ1) is 10.6. The van der Waals surface area contributed by atoms with E-state index in [0.29, 0.717) is 11.5 Å². The number of carbonyl (C=O) groups is 1. The third kappa shape index (κ3) is 1.76. The maximum absolute atomic E-state index is 10.8. The van der Waals surface area contributed by atoms with Gasteiger partial charge in [0, 0.05) is 11.6 Å². The second-order valence-corrected chi connectivity index (χ2v) is 4.71. The fourth-order valence-electron chi connectivity index (χ4n) is 1.33. The Labute approximate surface area is 92.7 Å². The average molecular weight is 219 g/mol. The lowest BCUT2D eigenvalue weighted by molar-refractivity contribution is 0.0697. The number of pyridine rings is 1. The van der Waals surface area contributed by atoms with Gasteiger partial charge >= 0.3 is 5.97 Å². The van der Waals surface area contributed by atoms with E-state index in [1.54, 1.807) is 10.7 Å². The van der Waals surface area contributed by atoms with E-state index in [2.05, 4.69) is 10.1 Å². The standard InChI is InChI=1S/C11H13N3O2/c1-11(2,3)10-12-8-6-7(9(15)16)4-5-14(8)13-10/h4-6H,1-3H3,(H,15,16). The fourth-order valence-corrected chi connectivity index (χ4v) is 1.33. The Morgan fingerprint density at radius 3 is 2.69 bits per heavy atom. The summed E-state index contributed by atoms with van der Waals surface area (Å²) in [5.74, 6) is -0.252. The van der Waals surface area contributed by atoms with Crippen LogP contribution in [0.3, 0.4) is 0 Å². The summed E-state index contributed by atoms with van der Waals surface area (Å²) in [4.78, 5) is 15.1. The highest BCUT2D eigenvalue weighted by Crippen LogP contribution is 2.19. The number of carboxylic acids is 1. The van der Waals surface area contributed by atoms with Crippen molar-refractivity contribution < 1.29 is 9.90 Å². The third-order valence-electron chi connectivity index (χ3n) is 2.26. The molecule has 2 heterocycles. The Morgan fingerprint density at radius 1 is 1.44 bits per heavy atom. The number of fused-ring (bicyclic) bond motifs is 1. The van der Waals surface area contributed by atoms with Crippen molar-refractivity contribution in [1.82, 2.24) is 14.6 Å². The second kappa shape index (κ2) is 3.30. The molecule has 0 aromatic carbocycles. The summed E-state index contributed by atoms with van der Waals surface area (Å²) < 4.78 is 1.59. The number of hydrogen-bond acceptors (Lipinski definition) is 3. The Kier molecular flexibility index (Phi) is 2.18. The van der Waals surface area contributed by atoms with Crippen LogP contribution in [0.15, 0.2) is 18.3 Å². The largest absolute Gasteiger partial charge is 0.478 e. The number of aromatic nitrogens is 3. The number of rotatable bonds is 1. The lowest BCUT2D eigenvalue weighted by Gasteiger charge is -2.11. The van der Waals surface area contributed by atoms with Gasteiger partial charge in [0.05, 0.1) is 5.56 Å². The molecular formula is C11H13N3O2. The molecule has 0 unspecified atom stereocenters. The van der Waals surface area contributed by atoms with Crippen LogP contribution in [-0.2, 0) is 5.41 Å². The Hall–Kier alpha value is -1.91. The molecule has 16 heavy (non-hydrogen) atoms. The van der Waals surface area contributed by atoms with Crippen molar-refractivity contribution in [3.63, 3.8) is 0 Å². The number of hydrogen-bond donors (Lipinski definition) is 1. The summed E-state index contributed by atoms with van der Waals surface area (Å²) in [6.45, 7) is 6.04. The smallest absolute Gasteiger partial charge is 0.335 e. The predicted molar refractivity (Wildman–Crippen MR) is 58.6 cm³/mol. The van der Waals surface area contributed by atoms with Gasteiger partial charge in [-0.3, -0.25) is 0 Å². The Morgan fingerprint density at radius 2 is 2.12 bits per heavy atom. The van der Waals surface area contributed by atoms with E-state index in [0.717, 1.165) is 0 Å². The monoisotopic (exact) mass is 219 g/mol. The van der Waals surface area contributed by atoms with Crippen molar-refractivity contribution in [2.75, 3.05) is 0 Å². The fraction of sp³-hybridized carbons (Fsp3) is 0.364. The first-order valence-electron chi connectivity index (χ1n) is 4.98. The van der Waals surface area contributed by atoms with Crippen LogP contribution in [0, 0.1) is 0 Å². The summed E-state index contributed by atoms with van der Waals surface area (Å²) in [5, 5.41) is 13.2. The quantitative estimate of drug-likeness (QED) is 0.793. The van der Waals surface area contributed by atoms with Crippen LogP contribution in [0.2, 0.25) is 0 Å². The van der Waals surface area contributed by atoms with E-state index in [1.807, 2.05) is 20.8 Å². The van der Waals surface area contributed by atoms with E-state index < -0.39 is 5.97 Å². The van der Waals surface area contributed by atoms with Gasteiger partial charge in [-0.1, -0.05) is 20.8 Å². The van der Waals surface area contributed by atoms with E-state index in [1.165, 1.54) is 12.1 Å². The SMILES string of the molecule is CC(C)(C)c1nc2cc(C(=O)O)ccn2n1. The molecule has 0 radical (unpaired) electrons. The predicted octanol–water partition coefficient (Wildman–Crippen LogP) is 1.72. The summed E-state index contributed by atoms with van der Waals surface area (Å²) in [6, 6.07) is 3.03. The third-order valence-corrected chi connectivity index (χ3v) is 2.26. The molecule has 0 amide bonds. The first-order valence-corrected chi connectivity index (χ1v) is 4.98. The van der Waals surface area contributed by atoms with Crippen LogP contribution in [-0.4, -0.2) is 25.7 Å². The molecule has 0 fully saturated rings. The van der Waals surface area contributed by atoms with E-state index in [9.17, 15) is 4.79 Å². The molecule has 2 aromatic heterocycles. The topological polar surface area (TPSA) is 67.5 Å². The molecule has 84 valence electrons. The molecule has 5 heteroatoms. The maximum Gasteiger partial charge on any atom is 0.335 e. The zero-order valence-electron chi connectivity index (χ0n) is 9.43. The highest BCUT2D eigenvalue weighted by molar-refractivity contribution is 5.88. The highest BCUT2D eigenvalue weighted by Gasteiger charge is 2.19. The summed E-state index contributed by atoms with van der Waals surface area (Å²) in [7, 11) is 0. The van der Waals surface area contributed by atoms with Gasteiger partial charge in [-0.25, -0.2) is 14.3 Å². The molecule has 0 aliphatic heterocycles. The Bertz CT molecular complexity index is 552. The van der Waals surface area contributed by atoms with Crippen molar-refractivity contribution in [2.24, 2.45) is 0 Å². The van der Waals surface area contributed by atoms with Crippen LogP contribution in [0.1, 0.15) is 37.0 Å². The number of aromatic carboxylic acids is 1. The van der Waals surface area contributed by atoms with Gasteiger partial charge in [-0.05, 0) is 12.1 Å². The van der Waals surface area contributed by atoms with Crippen LogP contribution >= 0.6 is 0 Å². The van der Waals surface area contributed by atoms with Crippen molar-refractivity contribution in [2.45, 2.75) is 26.2 Å². The van der Waals surface area contributed by atoms with Gasteiger partial charge in [-0.15, -0.1) is 0 Å². The lowest BCUT2D eigenvalue weighted by atomic mass is 9.96. The normalized spacial score (nSPS) is 11.9. The first-order chi connectivity index (χ1) is 7.38. The Balaban J connectivity index is 2.59. The minimum absolute atomic E-state index is 0.143. The summed E-state index contributed by atoms with van der Waals surface area (Å²) in [6.07, 6.45) is 1.61. The summed E-state index contributed by atoms with van der Waals surface area (Å²) >= 11 is 0. The summed E-state index contributed by atoms with van der Waals surface area (Å²) in [5.41, 5.74) is 0.639. The molecule has 0 aliphatic carbocycles. The molecule has 2 rings (SSSR count). The van der Waals surface area contributed by atoms with E-state index in [-0.39, 0.29) is 11.0 Å². The van der Waals surface area contributed by atoms with Gasteiger partial charge in [-0.2, -0.15) is 5.10 Å². The molecule has 1 N–H and O–H groups in total. The van der Waals surface area contributed by atoms with Crippen molar-refractivity contribution in [3.8, 4) is 0 Å². The molecule has 5 nitrogen and oxygen atoms in total. The van der Waals surface area contributed by atoms with Gasteiger partial charge in [0.2, 0.25) is 0 Å². The minimum Gasteiger partial charge on any atom is -0.478 e. The maximum atomic E-state index is 10.8. The molecule has 0 saturated heterocycles. The molecule has 0 saturated carbocycles. The lowest BCUT2D eigenvalue weighted by Crippen LogP contribution is -2.13. The van der Waals surface area contributed by atoms with Crippen LogP contribution in [0.5, 0.6) is 0 Å². The number of carboxylic acid groups (broad SMARTS) is 1. The molecule has 2 aromatic rings. The van der Waals surface area contributed by atoms with Crippen molar-refractivity contribution >= 4 is 11.6 Å². The van der Waals surface area contributed by atoms with E-state index in [4.69, 9.17) is 5.11 Å². The van der Waals surface area contributed by atoms with Crippen LogP contribution in [0.4, 0.5) is 0 Å². The molecular weight excluding hydrogens is 206 g/mol. The highest BCUT2D eigenvalue weighted by atomic mass is 16.4. The zero-order chi connectivity index (χ0) is 11.9. The average Bonchev–Trinajstić information content (AvgIpc) is 2.58. The van der Waals surface area contributed by atoms with Gasteiger partial charge in [0.25, 0.3) is 0 Å². The molecule has 0 bridgehead atoms. The number of nitrogens with zero attached hydrogens (tertiary/aromatic N) is 3. The molecule has 0 spiro atoms.